The second-order valence-corrected chi connectivity index (χ2v) is 6.38. The molecule has 6 nitrogen and oxygen atoms in total. The molecule has 2 fully saturated rings. The number of nitrogens with one attached hydrogen (secondary N) is 1. The Morgan fingerprint density at radius 2 is 1.96 bits per heavy atom. The third-order valence-corrected chi connectivity index (χ3v) is 4.78. The molecule has 0 unspecified atom stereocenters. The maximum absolute atomic E-state index is 11.6. The zero-order valence-electron chi connectivity index (χ0n) is 14.9. The van der Waals surface area contributed by atoms with Gasteiger partial charge in [0.1, 0.15) is 0 Å². The van der Waals surface area contributed by atoms with Gasteiger partial charge in [0.15, 0.2) is 5.96 Å². The summed E-state index contributed by atoms with van der Waals surface area (Å²) in [5.41, 5.74) is 0. The maximum atomic E-state index is 11.6. The van der Waals surface area contributed by atoms with Crippen LogP contribution in [0.15, 0.2) is 4.99 Å². The van der Waals surface area contributed by atoms with Crippen LogP contribution in [-0.2, 0) is 9.53 Å². The van der Waals surface area contributed by atoms with Crippen molar-refractivity contribution in [3.05, 3.63) is 0 Å². The van der Waals surface area contributed by atoms with Gasteiger partial charge in [0.2, 0.25) is 0 Å². The first-order valence-electron chi connectivity index (χ1n) is 9.04. The number of carbonyl (C=O) groups is 1. The molecule has 0 radical (unpaired) electrons. The van der Waals surface area contributed by atoms with Crippen LogP contribution in [0.25, 0.3) is 0 Å². The Balaban J connectivity index is 1.82. The summed E-state index contributed by atoms with van der Waals surface area (Å²) < 4.78 is 4.86. The third kappa shape index (κ3) is 5.37. The lowest BCUT2D eigenvalue weighted by Crippen LogP contribution is -2.47. The Hall–Kier alpha value is -1.30. The van der Waals surface area contributed by atoms with Crippen LogP contribution < -0.4 is 5.32 Å². The number of nitrogens with zero attached hydrogens (tertiary/aromatic N) is 3. The van der Waals surface area contributed by atoms with E-state index in [1.54, 1.807) is 0 Å². The van der Waals surface area contributed by atoms with Gasteiger partial charge in [-0.25, -0.2) is 0 Å². The number of rotatable bonds is 7. The topological polar surface area (TPSA) is 57.2 Å². The van der Waals surface area contributed by atoms with Crippen molar-refractivity contribution in [1.82, 2.24) is 15.1 Å². The molecule has 0 aromatic heterocycles. The summed E-state index contributed by atoms with van der Waals surface area (Å²) in [6.07, 6.45) is 4.39. The van der Waals surface area contributed by atoms with E-state index < -0.39 is 0 Å². The fraction of sp³-hybridized carbons (Fsp3) is 0.882. The smallest absolute Gasteiger partial charge is 0.308 e. The number of carbonyl (C=O) groups excluding carboxylic acids is 1. The summed E-state index contributed by atoms with van der Waals surface area (Å²) in [5, 5.41) is 3.39. The van der Waals surface area contributed by atoms with Gasteiger partial charge in [0.25, 0.3) is 0 Å². The van der Waals surface area contributed by atoms with E-state index in [0.29, 0.717) is 0 Å². The second-order valence-electron chi connectivity index (χ2n) is 6.38. The highest BCUT2D eigenvalue weighted by atomic mass is 16.5. The highest BCUT2D eigenvalue weighted by Gasteiger charge is 2.28. The highest BCUT2D eigenvalue weighted by Crippen LogP contribution is 2.26. The Morgan fingerprint density at radius 3 is 2.48 bits per heavy atom. The number of esters is 1. The molecule has 6 heteroatoms. The van der Waals surface area contributed by atoms with Crippen LogP contribution >= 0.6 is 0 Å². The quantitative estimate of drug-likeness (QED) is 0.435. The molecule has 0 aromatic rings. The lowest BCUT2D eigenvalue weighted by molar-refractivity contribution is -0.146. The molecule has 1 aliphatic heterocycles. The van der Waals surface area contributed by atoms with Crippen LogP contribution in [0.3, 0.4) is 0 Å². The maximum Gasteiger partial charge on any atom is 0.308 e. The second kappa shape index (κ2) is 9.11. The Kier molecular flexibility index (Phi) is 7.15. The fourth-order valence-corrected chi connectivity index (χ4v) is 3.24. The lowest BCUT2D eigenvalue weighted by Gasteiger charge is -2.33. The van der Waals surface area contributed by atoms with Crippen LogP contribution in [0, 0.1) is 5.92 Å². The summed E-state index contributed by atoms with van der Waals surface area (Å²) >= 11 is 0. The van der Waals surface area contributed by atoms with E-state index >= 15 is 0 Å². The summed E-state index contributed by atoms with van der Waals surface area (Å²) in [6, 6.07) is 0.800. The molecule has 0 bridgehead atoms. The predicted octanol–water partition coefficient (Wildman–Crippen LogP) is 1.32. The first kappa shape index (κ1) is 18.0. The van der Waals surface area contributed by atoms with Gasteiger partial charge in [-0.15, -0.1) is 0 Å². The monoisotopic (exact) mass is 324 g/mol. The number of ether oxygens (including phenoxy) is 1. The molecule has 2 aliphatic rings. The van der Waals surface area contributed by atoms with Crippen molar-refractivity contribution in [3.8, 4) is 0 Å². The van der Waals surface area contributed by atoms with Crippen LogP contribution in [0.2, 0.25) is 0 Å². The number of piperidine rings is 1. The molecule has 1 saturated heterocycles. The van der Waals surface area contributed by atoms with Gasteiger partial charge in [-0.3, -0.25) is 14.7 Å². The van der Waals surface area contributed by atoms with Crippen LogP contribution in [0.4, 0.5) is 0 Å². The van der Waals surface area contributed by atoms with Gasteiger partial charge in [-0.05, 0) is 39.2 Å². The average Bonchev–Trinajstić information content (AvgIpc) is 3.42. The molecule has 1 N–H and O–H groups in total. The molecule has 1 aliphatic carbocycles. The number of methoxy groups -OCH3 is 1. The van der Waals surface area contributed by atoms with E-state index in [9.17, 15) is 4.79 Å². The molecule has 0 atom stereocenters. The number of likely N-dealkylation sites (N-methyl/N-ethyl adjacent to an activating group) is 1. The fourth-order valence-electron chi connectivity index (χ4n) is 3.24. The average molecular weight is 324 g/mol. The predicted molar refractivity (Wildman–Crippen MR) is 92.6 cm³/mol. The van der Waals surface area contributed by atoms with Crippen molar-refractivity contribution in [2.45, 2.75) is 45.6 Å². The minimum absolute atomic E-state index is 0.0459. The molecule has 0 spiro atoms. The van der Waals surface area contributed by atoms with Gasteiger partial charge >= 0.3 is 5.97 Å². The minimum Gasteiger partial charge on any atom is -0.469 e. The van der Waals surface area contributed by atoms with Gasteiger partial charge in [0, 0.05) is 32.2 Å². The van der Waals surface area contributed by atoms with Gasteiger partial charge < -0.3 is 15.0 Å². The zero-order valence-corrected chi connectivity index (χ0v) is 14.9. The molecule has 1 saturated carbocycles. The number of guanidine groups is 1. The largest absolute Gasteiger partial charge is 0.469 e. The number of likely N-dealkylation sites (tertiary alicyclic amines) is 1. The first-order chi connectivity index (χ1) is 11.2. The van der Waals surface area contributed by atoms with Crippen LogP contribution in [0.5, 0.6) is 0 Å². The molecular weight excluding hydrogens is 292 g/mol. The van der Waals surface area contributed by atoms with Crippen molar-refractivity contribution in [2.75, 3.05) is 46.4 Å². The number of aliphatic imine (C=N–C) groups is 1. The summed E-state index contributed by atoms with van der Waals surface area (Å²) in [5.74, 6) is 0.960. The van der Waals surface area contributed by atoms with E-state index in [2.05, 4.69) is 29.0 Å². The van der Waals surface area contributed by atoms with Crippen LogP contribution in [-0.4, -0.2) is 74.1 Å². The number of hydrogen-bond donors (Lipinski definition) is 1. The molecule has 2 rings (SSSR count). The standard InChI is InChI=1S/C17H32N4O2/c1-4-18-17(19-10-13-20(5-2)15-6-7-15)21-11-8-14(9-12-21)16(22)23-3/h14-15H,4-13H2,1-3H3,(H,18,19). The van der Waals surface area contributed by atoms with Gasteiger partial charge in [-0.2, -0.15) is 0 Å². The third-order valence-electron chi connectivity index (χ3n) is 4.78. The summed E-state index contributed by atoms with van der Waals surface area (Å²) in [4.78, 5) is 21.2. The van der Waals surface area contributed by atoms with Gasteiger partial charge in [0.05, 0.1) is 19.6 Å². The van der Waals surface area contributed by atoms with Crippen molar-refractivity contribution in [3.63, 3.8) is 0 Å². The molecule has 132 valence electrons. The van der Waals surface area contributed by atoms with E-state index in [1.807, 2.05) is 0 Å². The Morgan fingerprint density at radius 1 is 1.26 bits per heavy atom. The number of hydrogen-bond acceptors (Lipinski definition) is 4. The highest BCUT2D eigenvalue weighted by molar-refractivity contribution is 5.80. The lowest BCUT2D eigenvalue weighted by atomic mass is 9.97. The zero-order chi connectivity index (χ0) is 16.7. The molecule has 0 aromatic carbocycles. The first-order valence-corrected chi connectivity index (χ1v) is 9.04. The van der Waals surface area contributed by atoms with Crippen molar-refractivity contribution in [1.29, 1.82) is 0 Å². The Labute approximate surface area is 140 Å². The minimum atomic E-state index is -0.0744. The summed E-state index contributed by atoms with van der Waals surface area (Å²) in [6.45, 7) is 9.91. The van der Waals surface area contributed by atoms with E-state index in [0.717, 1.165) is 64.1 Å². The van der Waals surface area contributed by atoms with E-state index in [4.69, 9.17) is 9.73 Å². The van der Waals surface area contributed by atoms with Gasteiger partial charge in [-0.1, -0.05) is 6.92 Å². The molecule has 0 amide bonds. The normalized spacial score (nSPS) is 20.0. The van der Waals surface area contributed by atoms with Crippen LogP contribution in [0.1, 0.15) is 39.5 Å². The molecular formula is C17H32N4O2. The van der Waals surface area contributed by atoms with E-state index in [-0.39, 0.29) is 11.9 Å². The summed E-state index contributed by atoms with van der Waals surface area (Å²) in [7, 11) is 1.47. The van der Waals surface area contributed by atoms with Crippen molar-refractivity contribution < 1.29 is 9.53 Å². The Bertz CT molecular complexity index is 401. The van der Waals surface area contributed by atoms with Crippen molar-refractivity contribution in [2.24, 2.45) is 10.9 Å². The SMILES string of the molecule is CCNC(=NCCN(CC)C1CC1)N1CCC(C(=O)OC)CC1. The molecule has 23 heavy (non-hydrogen) atoms. The van der Waals surface area contributed by atoms with Crippen molar-refractivity contribution >= 4 is 11.9 Å². The van der Waals surface area contributed by atoms with E-state index in [1.165, 1.54) is 20.0 Å². The molecule has 1 heterocycles.